The molecule has 0 spiro atoms. The SMILES string of the molecule is CCn1cnc(S(=O)(=O)NC(C)(C)CCN)c1. The lowest BCUT2D eigenvalue weighted by atomic mass is 10.0. The third kappa shape index (κ3) is 3.79. The molecule has 0 bridgehead atoms. The van der Waals surface area contributed by atoms with E-state index in [-0.39, 0.29) is 5.03 Å². The van der Waals surface area contributed by atoms with Gasteiger partial charge in [-0.1, -0.05) is 0 Å². The molecule has 0 unspecified atom stereocenters. The Hall–Kier alpha value is -0.920. The van der Waals surface area contributed by atoms with E-state index in [9.17, 15) is 8.42 Å². The fourth-order valence-corrected chi connectivity index (χ4v) is 2.87. The van der Waals surface area contributed by atoms with Gasteiger partial charge in [-0.25, -0.2) is 18.1 Å². The van der Waals surface area contributed by atoms with E-state index in [1.165, 1.54) is 12.5 Å². The van der Waals surface area contributed by atoms with Gasteiger partial charge in [0.15, 0.2) is 5.03 Å². The molecule has 1 heterocycles. The topological polar surface area (TPSA) is 90.0 Å². The second kappa shape index (κ2) is 5.16. The third-order valence-electron chi connectivity index (χ3n) is 2.43. The zero-order chi connectivity index (χ0) is 13.1. The minimum atomic E-state index is -3.57. The summed E-state index contributed by atoms with van der Waals surface area (Å²) in [4.78, 5) is 3.88. The Bertz CT molecular complexity index is 464. The Labute approximate surface area is 102 Å². The van der Waals surface area contributed by atoms with E-state index in [1.54, 1.807) is 18.4 Å². The molecule has 0 radical (unpaired) electrons. The van der Waals surface area contributed by atoms with Gasteiger partial charge in [0, 0.05) is 18.3 Å². The summed E-state index contributed by atoms with van der Waals surface area (Å²) in [5.41, 5.74) is 4.88. The van der Waals surface area contributed by atoms with Crippen LogP contribution in [0.5, 0.6) is 0 Å². The van der Waals surface area contributed by atoms with Gasteiger partial charge in [0.05, 0.1) is 6.33 Å². The number of hydrogen-bond acceptors (Lipinski definition) is 4. The van der Waals surface area contributed by atoms with Crippen molar-refractivity contribution in [2.45, 2.75) is 44.3 Å². The molecule has 6 nitrogen and oxygen atoms in total. The number of nitrogens with two attached hydrogens (primary N) is 1. The van der Waals surface area contributed by atoms with Crippen molar-refractivity contribution in [1.82, 2.24) is 14.3 Å². The van der Waals surface area contributed by atoms with Gasteiger partial charge in [0.1, 0.15) is 0 Å². The normalized spacial score (nSPS) is 12.9. The highest BCUT2D eigenvalue weighted by atomic mass is 32.2. The quantitative estimate of drug-likeness (QED) is 0.770. The second-order valence-corrected chi connectivity index (χ2v) is 6.20. The van der Waals surface area contributed by atoms with Gasteiger partial charge in [0.2, 0.25) is 0 Å². The first-order chi connectivity index (χ1) is 7.80. The molecular formula is C10H20N4O2S. The summed E-state index contributed by atoms with van der Waals surface area (Å²) >= 11 is 0. The molecule has 0 aliphatic carbocycles. The van der Waals surface area contributed by atoms with Crippen LogP contribution in [0.4, 0.5) is 0 Å². The molecule has 1 aromatic rings. The van der Waals surface area contributed by atoms with Crippen molar-refractivity contribution in [3.05, 3.63) is 12.5 Å². The smallest absolute Gasteiger partial charge is 0.260 e. The molecule has 0 saturated carbocycles. The summed E-state index contributed by atoms with van der Waals surface area (Å²) in [6, 6.07) is 0. The van der Waals surface area contributed by atoms with Gasteiger partial charge in [-0.15, -0.1) is 0 Å². The summed E-state index contributed by atoms with van der Waals surface area (Å²) in [5.74, 6) is 0. The summed E-state index contributed by atoms with van der Waals surface area (Å²) in [5, 5.41) is 0.0458. The standard InChI is InChI=1S/C10H20N4O2S/c1-4-14-7-9(12-8-14)17(15,16)13-10(2,3)5-6-11/h7-8,13H,4-6,11H2,1-3H3. The molecule has 1 rings (SSSR count). The largest absolute Gasteiger partial charge is 0.336 e. The molecule has 7 heteroatoms. The Kier molecular flexibility index (Phi) is 4.29. The average Bonchev–Trinajstić information content (AvgIpc) is 2.64. The lowest BCUT2D eigenvalue weighted by molar-refractivity contribution is 0.427. The highest BCUT2D eigenvalue weighted by molar-refractivity contribution is 7.89. The van der Waals surface area contributed by atoms with Crippen LogP contribution in [0.1, 0.15) is 27.2 Å². The number of sulfonamides is 1. The summed E-state index contributed by atoms with van der Waals surface area (Å²) in [6.07, 6.45) is 3.59. The molecule has 3 N–H and O–H groups in total. The van der Waals surface area contributed by atoms with Crippen LogP contribution in [0.25, 0.3) is 0 Å². The first-order valence-electron chi connectivity index (χ1n) is 5.56. The molecule has 0 fully saturated rings. The van der Waals surface area contributed by atoms with Crippen molar-refractivity contribution in [3.63, 3.8) is 0 Å². The average molecular weight is 260 g/mol. The number of aromatic nitrogens is 2. The maximum absolute atomic E-state index is 12.0. The minimum Gasteiger partial charge on any atom is -0.336 e. The number of nitrogens with zero attached hydrogens (tertiary/aromatic N) is 2. The molecule has 0 aliphatic heterocycles. The Morgan fingerprint density at radius 2 is 2.18 bits per heavy atom. The van der Waals surface area contributed by atoms with Crippen LogP contribution >= 0.6 is 0 Å². The van der Waals surface area contributed by atoms with E-state index in [4.69, 9.17) is 5.73 Å². The highest BCUT2D eigenvalue weighted by Crippen LogP contribution is 2.13. The Balaban J connectivity index is 2.88. The van der Waals surface area contributed by atoms with E-state index in [0.717, 1.165) is 0 Å². The fraction of sp³-hybridized carbons (Fsp3) is 0.700. The number of aryl methyl sites for hydroxylation is 1. The van der Waals surface area contributed by atoms with E-state index in [0.29, 0.717) is 19.5 Å². The monoisotopic (exact) mass is 260 g/mol. The van der Waals surface area contributed by atoms with Crippen molar-refractivity contribution < 1.29 is 8.42 Å². The van der Waals surface area contributed by atoms with E-state index >= 15 is 0 Å². The van der Waals surface area contributed by atoms with Gasteiger partial charge in [-0.05, 0) is 33.7 Å². The lowest BCUT2D eigenvalue weighted by Gasteiger charge is -2.24. The second-order valence-electron chi connectivity index (χ2n) is 4.57. The van der Waals surface area contributed by atoms with E-state index in [2.05, 4.69) is 9.71 Å². The zero-order valence-electron chi connectivity index (χ0n) is 10.5. The van der Waals surface area contributed by atoms with Gasteiger partial charge in [-0.3, -0.25) is 0 Å². The van der Waals surface area contributed by atoms with Crippen molar-refractivity contribution in [2.24, 2.45) is 5.73 Å². The van der Waals surface area contributed by atoms with Crippen LogP contribution < -0.4 is 10.5 Å². The molecule has 0 aliphatic rings. The fourth-order valence-electron chi connectivity index (χ4n) is 1.48. The van der Waals surface area contributed by atoms with Crippen molar-refractivity contribution in [2.75, 3.05) is 6.54 Å². The number of hydrogen-bond donors (Lipinski definition) is 2. The van der Waals surface area contributed by atoms with Crippen LogP contribution in [0, 0.1) is 0 Å². The Morgan fingerprint density at radius 3 is 2.65 bits per heavy atom. The van der Waals surface area contributed by atoms with Crippen LogP contribution in [0.2, 0.25) is 0 Å². The molecule has 1 aromatic heterocycles. The molecule has 98 valence electrons. The summed E-state index contributed by atoms with van der Waals surface area (Å²) in [6.45, 7) is 6.64. The van der Waals surface area contributed by atoms with Crippen LogP contribution in [0.3, 0.4) is 0 Å². The van der Waals surface area contributed by atoms with Crippen molar-refractivity contribution in [3.8, 4) is 0 Å². The minimum absolute atomic E-state index is 0.0458. The first-order valence-corrected chi connectivity index (χ1v) is 7.05. The maximum Gasteiger partial charge on any atom is 0.260 e. The molecule has 0 amide bonds. The molecule has 17 heavy (non-hydrogen) atoms. The Morgan fingerprint density at radius 1 is 1.53 bits per heavy atom. The number of rotatable bonds is 6. The highest BCUT2D eigenvalue weighted by Gasteiger charge is 2.26. The molecular weight excluding hydrogens is 240 g/mol. The number of nitrogens with one attached hydrogen (secondary N) is 1. The predicted octanol–water partition coefficient (Wildman–Crippen LogP) is 0.309. The molecule has 0 saturated heterocycles. The van der Waals surface area contributed by atoms with Crippen molar-refractivity contribution in [1.29, 1.82) is 0 Å². The van der Waals surface area contributed by atoms with E-state index < -0.39 is 15.6 Å². The summed E-state index contributed by atoms with van der Waals surface area (Å²) in [7, 11) is -3.57. The predicted molar refractivity (Wildman–Crippen MR) is 66.0 cm³/mol. The van der Waals surface area contributed by atoms with E-state index in [1.807, 2.05) is 6.92 Å². The number of imidazole rings is 1. The molecule has 0 aromatic carbocycles. The maximum atomic E-state index is 12.0. The van der Waals surface area contributed by atoms with Crippen LogP contribution in [-0.2, 0) is 16.6 Å². The van der Waals surface area contributed by atoms with Crippen molar-refractivity contribution >= 4 is 10.0 Å². The molecule has 0 atom stereocenters. The summed E-state index contributed by atoms with van der Waals surface area (Å²) < 4.78 is 28.4. The van der Waals surface area contributed by atoms with Gasteiger partial charge in [0.25, 0.3) is 10.0 Å². The van der Waals surface area contributed by atoms with Gasteiger partial charge < -0.3 is 10.3 Å². The van der Waals surface area contributed by atoms with Gasteiger partial charge >= 0.3 is 0 Å². The third-order valence-corrected chi connectivity index (χ3v) is 4.01. The van der Waals surface area contributed by atoms with Crippen LogP contribution in [-0.4, -0.2) is 30.1 Å². The lowest BCUT2D eigenvalue weighted by Crippen LogP contribution is -2.44. The van der Waals surface area contributed by atoms with Gasteiger partial charge in [-0.2, -0.15) is 0 Å². The van der Waals surface area contributed by atoms with Crippen LogP contribution in [0.15, 0.2) is 17.6 Å². The zero-order valence-corrected chi connectivity index (χ0v) is 11.3. The first kappa shape index (κ1) is 14.1.